The number of rotatable bonds is 4. The number of hydrogen-bond donors (Lipinski definition) is 2. The van der Waals surface area contributed by atoms with Gasteiger partial charge in [-0.3, -0.25) is 9.52 Å². The summed E-state index contributed by atoms with van der Waals surface area (Å²) in [5.74, 6) is -0.372. The molecule has 0 saturated heterocycles. The number of carbonyl (C=O) groups is 1. The van der Waals surface area contributed by atoms with E-state index < -0.39 is 10.0 Å². The molecule has 0 aliphatic heterocycles. The Morgan fingerprint density at radius 3 is 2.35 bits per heavy atom. The minimum atomic E-state index is -3.44. The summed E-state index contributed by atoms with van der Waals surface area (Å²) in [5.41, 5.74) is 1.97. The van der Waals surface area contributed by atoms with Gasteiger partial charge in [0.25, 0.3) is 5.91 Å². The van der Waals surface area contributed by atoms with Crippen molar-refractivity contribution in [2.75, 3.05) is 16.3 Å². The second-order valence-electron chi connectivity index (χ2n) is 4.98. The third kappa shape index (κ3) is 4.86. The van der Waals surface area contributed by atoms with Crippen LogP contribution in [-0.4, -0.2) is 20.6 Å². The van der Waals surface area contributed by atoms with Gasteiger partial charge in [-0.1, -0.05) is 29.3 Å². The number of aryl methyl sites for hydroxylation is 1. The third-order valence-corrected chi connectivity index (χ3v) is 4.11. The van der Waals surface area contributed by atoms with Crippen molar-refractivity contribution in [3.05, 3.63) is 57.6 Å². The lowest BCUT2D eigenvalue weighted by Crippen LogP contribution is -2.14. The number of benzene rings is 2. The molecule has 2 N–H and O–H groups in total. The van der Waals surface area contributed by atoms with Crippen LogP contribution in [0.2, 0.25) is 10.0 Å². The molecular formula is C15H14Cl2N2O3S. The molecule has 0 aliphatic carbocycles. The summed E-state index contributed by atoms with van der Waals surface area (Å²) in [6, 6.07) is 9.48. The van der Waals surface area contributed by atoms with Gasteiger partial charge >= 0.3 is 0 Å². The maximum absolute atomic E-state index is 12.3. The van der Waals surface area contributed by atoms with Crippen molar-refractivity contribution in [1.29, 1.82) is 0 Å². The number of amides is 1. The predicted octanol–water partition coefficient (Wildman–Crippen LogP) is 3.93. The van der Waals surface area contributed by atoms with Crippen molar-refractivity contribution in [2.45, 2.75) is 6.92 Å². The molecule has 0 aromatic heterocycles. The monoisotopic (exact) mass is 372 g/mol. The average molecular weight is 373 g/mol. The Balaban J connectivity index is 2.23. The first-order chi connectivity index (χ1) is 10.7. The van der Waals surface area contributed by atoms with Crippen LogP contribution in [0.25, 0.3) is 0 Å². The second kappa shape index (κ2) is 6.78. The summed E-state index contributed by atoms with van der Waals surface area (Å²) in [4.78, 5) is 12.3. The number of sulfonamides is 1. The van der Waals surface area contributed by atoms with Crippen LogP contribution in [0.3, 0.4) is 0 Å². The summed E-state index contributed by atoms with van der Waals surface area (Å²) in [6.45, 7) is 1.85. The highest BCUT2D eigenvalue weighted by Crippen LogP contribution is 2.25. The SMILES string of the molecule is Cc1ccc(Cl)cc1NC(=O)c1ccc(NS(C)(=O)=O)c(Cl)c1. The Labute approximate surface area is 144 Å². The highest BCUT2D eigenvalue weighted by Gasteiger charge is 2.12. The predicted molar refractivity (Wildman–Crippen MR) is 94.1 cm³/mol. The van der Waals surface area contributed by atoms with E-state index in [-0.39, 0.29) is 16.6 Å². The van der Waals surface area contributed by atoms with Crippen LogP contribution in [0, 0.1) is 6.92 Å². The van der Waals surface area contributed by atoms with E-state index in [0.717, 1.165) is 11.8 Å². The molecule has 1 amide bonds. The number of carbonyl (C=O) groups excluding carboxylic acids is 1. The zero-order valence-electron chi connectivity index (χ0n) is 12.4. The van der Waals surface area contributed by atoms with Crippen LogP contribution < -0.4 is 10.0 Å². The molecule has 0 saturated carbocycles. The number of hydrogen-bond acceptors (Lipinski definition) is 3. The quantitative estimate of drug-likeness (QED) is 0.853. The van der Waals surface area contributed by atoms with Crippen LogP contribution in [0.5, 0.6) is 0 Å². The standard InChI is InChI=1S/C15H14Cl2N2O3S/c1-9-3-5-11(16)8-14(9)18-15(20)10-4-6-13(12(17)7-10)19-23(2,21)22/h3-8,19H,1-2H3,(H,18,20). The first-order valence-electron chi connectivity index (χ1n) is 6.50. The van der Waals surface area contributed by atoms with E-state index in [0.29, 0.717) is 16.3 Å². The summed E-state index contributed by atoms with van der Waals surface area (Å²) < 4.78 is 24.7. The molecule has 0 radical (unpaired) electrons. The number of anilines is 2. The van der Waals surface area contributed by atoms with Crippen LogP contribution in [0.15, 0.2) is 36.4 Å². The van der Waals surface area contributed by atoms with Crippen molar-refractivity contribution in [2.24, 2.45) is 0 Å². The maximum atomic E-state index is 12.3. The largest absolute Gasteiger partial charge is 0.322 e. The topological polar surface area (TPSA) is 75.3 Å². The van der Waals surface area contributed by atoms with Crippen molar-refractivity contribution in [1.82, 2.24) is 0 Å². The minimum absolute atomic E-state index is 0.130. The zero-order chi connectivity index (χ0) is 17.2. The summed E-state index contributed by atoms with van der Waals surface area (Å²) in [7, 11) is -3.44. The molecule has 0 aliphatic rings. The molecule has 122 valence electrons. The summed E-state index contributed by atoms with van der Waals surface area (Å²) >= 11 is 11.9. The van der Waals surface area contributed by atoms with E-state index in [4.69, 9.17) is 23.2 Å². The molecule has 0 heterocycles. The molecular weight excluding hydrogens is 359 g/mol. The zero-order valence-corrected chi connectivity index (χ0v) is 14.7. The smallest absolute Gasteiger partial charge is 0.255 e. The highest BCUT2D eigenvalue weighted by molar-refractivity contribution is 7.92. The van der Waals surface area contributed by atoms with E-state index in [2.05, 4.69) is 10.0 Å². The van der Waals surface area contributed by atoms with Crippen molar-refractivity contribution >= 4 is 50.5 Å². The van der Waals surface area contributed by atoms with Gasteiger partial charge in [-0.05, 0) is 42.8 Å². The van der Waals surface area contributed by atoms with E-state index in [9.17, 15) is 13.2 Å². The van der Waals surface area contributed by atoms with Gasteiger partial charge < -0.3 is 5.32 Å². The van der Waals surface area contributed by atoms with Gasteiger partial charge in [0, 0.05) is 16.3 Å². The van der Waals surface area contributed by atoms with Gasteiger partial charge in [0.1, 0.15) is 0 Å². The Morgan fingerprint density at radius 2 is 1.74 bits per heavy atom. The first-order valence-corrected chi connectivity index (χ1v) is 9.15. The molecule has 0 fully saturated rings. The maximum Gasteiger partial charge on any atom is 0.255 e. The molecule has 0 bridgehead atoms. The molecule has 23 heavy (non-hydrogen) atoms. The molecule has 2 rings (SSSR count). The first kappa shape index (κ1) is 17.6. The second-order valence-corrected chi connectivity index (χ2v) is 7.57. The summed E-state index contributed by atoms with van der Waals surface area (Å²) in [5, 5.41) is 3.38. The van der Waals surface area contributed by atoms with Gasteiger partial charge in [0.2, 0.25) is 10.0 Å². The Morgan fingerprint density at radius 1 is 1.04 bits per heavy atom. The lowest BCUT2D eigenvalue weighted by molar-refractivity contribution is 0.102. The van der Waals surface area contributed by atoms with E-state index >= 15 is 0 Å². The number of nitrogens with one attached hydrogen (secondary N) is 2. The minimum Gasteiger partial charge on any atom is -0.322 e. The molecule has 5 nitrogen and oxygen atoms in total. The molecule has 0 spiro atoms. The van der Waals surface area contributed by atoms with E-state index in [1.807, 2.05) is 6.92 Å². The molecule has 2 aromatic carbocycles. The van der Waals surface area contributed by atoms with Crippen molar-refractivity contribution in [3.8, 4) is 0 Å². The van der Waals surface area contributed by atoms with Crippen molar-refractivity contribution < 1.29 is 13.2 Å². The molecule has 8 heteroatoms. The van der Waals surface area contributed by atoms with E-state index in [1.54, 1.807) is 18.2 Å². The van der Waals surface area contributed by atoms with Crippen LogP contribution in [-0.2, 0) is 10.0 Å². The fourth-order valence-corrected chi connectivity index (χ4v) is 2.90. The van der Waals surface area contributed by atoms with Gasteiger partial charge in [-0.2, -0.15) is 0 Å². The lowest BCUT2D eigenvalue weighted by Gasteiger charge is -2.11. The van der Waals surface area contributed by atoms with E-state index in [1.165, 1.54) is 18.2 Å². The molecule has 2 aromatic rings. The van der Waals surface area contributed by atoms with Crippen LogP contribution in [0.1, 0.15) is 15.9 Å². The highest BCUT2D eigenvalue weighted by atomic mass is 35.5. The average Bonchev–Trinajstić information content (AvgIpc) is 2.43. The lowest BCUT2D eigenvalue weighted by atomic mass is 10.1. The Kier molecular flexibility index (Phi) is 5.19. The number of halogens is 2. The summed E-state index contributed by atoms with van der Waals surface area (Å²) in [6.07, 6.45) is 1.02. The van der Waals surface area contributed by atoms with Gasteiger partial charge in [0.15, 0.2) is 0 Å². The third-order valence-electron chi connectivity index (χ3n) is 2.97. The van der Waals surface area contributed by atoms with Crippen LogP contribution in [0.4, 0.5) is 11.4 Å². The normalized spacial score (nSPS) is 11.1. The molecule has 0 atom stereocenters. The Bertz CT molecular complexity index is 867. The fourth-order valence-electron chi connectivity index (χ4n) is 1.86. The van der Waals surface area contributed by atoms with Gasteiger partial charge in [-0.15, -0.1) is 0 Å². The van der Waals surface area contributed by atoms with Crippen molar-refractivity contribution in [3.63, 3.8) is 0 Å². The van der Waals surface area contributed by atoms with Crippen LogP contribution >= 0.6 is 23.2 Å². The molecule has 0 unspecified atom stereocenters. The Hall–Kier alpha value is -1.76. The fraction of sp³-hybridized carbons (Fsp3) is 0.133. The van der Waals surface area contributed by atoms with Gasteiger partial charge in [-0.25, -0.2) is 8.42 Å². The van der Waals surface area contributed by atoms with Gasteiger partial charge in [0.05, 0.1) is 17.0 Å².